The van der Waals surface area contributed by atoms with Gasteiger partial charge in [0.25, 0.3) is 0 Å². The monoisotopic (exact) mass is 566 g/mol. The van der Waals surface area contributed by atoms with Gasteiger partial charge in [0.05, 0.1) is 0 Å². The number of nitrogens with one attached hydrogen (secondary N) is 1. The van der Waals surface area contributed by atoms with Gasteiger partial charge in [-0.05, 0) is 85.3 Å². The Labute approximate surface area is 232 Å². The molecule has 1 aromatic rings. The van der Waals surface area contributed by atoms with Gasteiger partial charge in [0.1, 0.15) is 5.60 Å². The Hall–Kier alpha value is -1.84. The van der Waals surface area contributed by atoms with Crippen LogP contribution in [0.25, 0.3) is 0 Å². The lowest BCUT2D eigenvalue weighted by Gasteiger charge is -2.59. The third kappa shape index (κ3) is 4.28. The molecule has 5 aliphatic rings. The number of halogens is 5. The molecule has 4 aliphatic carbocycles. The minimum Gasteiger partial charge on any atom is -0.383 e. The average Bonchev–Trinajstić information content (AvgIpc) is 3.20. The van der Waals surface area contributed by atoms with Crippen LogP contribution < -0.4 is 5.32 Å². The van der Waals surface area contributed by atoms with E-state index in [0.29, 0.717) is 25.7 Å². The number of nitrogens with zero attached hydrogens (tertiary/aromatic N) is 1. The Kier molecular flexibility index (Phi) is 6.98. The summed E-state index contributed by atoms with van der Waals surface area (Å²) in [5, 5.41) is 14.8. The van der Waals surface area contributed by atoms with Gasteiger partial charge in [-0.15, -0.1) is 0 Å². The molecule has 4 fully saturated rings. The van der Waals surface area contributed by atoms with Crippen LogP contribution in [0.5, 0.6) is 0 Å². The second kappa shape index (κ2) is 9.87. The second-order valence-corrected chi connectivity index (χ2v) is 13.2. The maximum atomic E-state index is 15.1. The van der Waals surface area contributed by atoms with Crippen molar-refractivity contribution in [2.45, 2.75) is 82.0 Å². The van der Waals surface area contributed by atoms with Crippen LogP contribution in [0.15, 0.2) is 35.9 Å². The average molecular weight is 567 g/mol. The molecule has 0 bridgehead atoms. The Balaban J connectivity index is 1.38. The highest BCUT2D eigenvalue weighted by Gasteiger charge is 2.79. The zero-order valence-corrected chi connectivity index (χ0v) is 23.0. The van der Waals surface area contributed by atoms with Gasteiger partial charge in [0.2, 0.25) is 0 Å². The molecule has 1 aliphatic heterocycles. The van der Waals surface area contributed by atoms with E-state index in [4.69, 9.17) is 0 Å². The number of fused-ring (bicyclic) bond motifs is 5. The summed E-state index contributed by atoms with van der Waals surface area (Å²) in [7, 11) is 0. The van der Waals surface area contributed by atoms with Gasteiger partial charge in [0, 0.05) is 44.6 Å². The number of benzene rings is 1. The first-order valence-corrected chi connectivity index (χ1v) is 14.8. The summed E-state index contributed by atoms with van der Waals surface area (Å²) >= 11 is 0. The quantitative estimate of drug-likeness (QED) is 0.449. The van der Waals surface area contributed by atoms with E-state index in [9.17, 15) is 23.1 Å². The van der Waals surface area contributed by atoms with Gasteiger partial charge in [-0.2, -0.15) is 22.0 Å². The Morgan fingerprint density at radius 2 is 1.70 bits per heavy atom. The van der Waals surface area contributed by atoms with Crippen molar-refractivity contribution in [3.63, 3.8) is 0 Å². The van der Waals surface area contributed by atoms with Gasteiger partial charge in [-0.25, -0.2) is 0 Å². The zero-order chi connectivity index (χ0) is 28.5. The predicted molar refractivity (Wildman–Crippen MR) is 141 cm³/mol. The van der Waals surface area contributed by atoms with E-state index in [1.807, 2.05) is 12.1 Å². The fourth-order valence-electron chi connectivity index (χ4n) is 9.40. The number of hydrogen-bond donors (Lipinski definition) is 2. The molecule has 4 nitrogen and oxygen atoms in total. The molecule has 2 N–H and O–H groups in total. The Bertz CT molecular complexity index is 1160. The van der Waals surface area contributed by atoms with Crippen LogP contribution in [0.2, 0.25) is 0 Å². The van der Waals surface area contributed by atoms with Crippen molar-refractivity contribution < 1.29 is 31.9 Å². The predicted octanol–water partition coefficient (Wildman–Crippen LogP) is 5.86. The van der Waals surface area contributed by atoms with Crippen LogP contribution in [0.4, 0.5) is 22.0 Å². The highest BCUT2D eigenvalue weighted by Crippen LogP contribution is 2.71. The molecule has 0 spiro atoms. The highest BCUT2D eigenvalue weighted by atomic mass is 19.4. The molecule has 0 aromatic heterocycles. The topological polar surface area (TPSA) is 52.6 Å². The first-order valence-electron chi connectivity index (χ1n) is 14.8. The fraction of sp³-hybridized carbons (Fsp3) is 0.710. The number of rotatable bonds is 4. The number of piperazine rings is 1. The summed E-state index contributed by atoms with van der Waals surface area (Å²) < 4.78 is 71.5. The van der Waals surface area contributed by atoms with Crippen molar-refractivity contribution in [2.24, 2.45) is 29.1 Å². The smallest absolute Gasteiger partial charge is 0.383 e. The van der Waals surface area contributed by atoms with Crippen molar-refractivity contribution in [3.05, 3.63) is 47.0 Å². The maximum absolute atomic E-state index is 15.1. The maximum Gasteiger partial charge on any atom is 0.456 e. The molecule has 9 heteroatoms. The number of allylic oxidation sites excluding steroid dienone is 1. The first kappa shape index (κ1) is 28.3. The molecule has 1 aromatic carbocycles. The standard InChI is InChI=1S/C31H39F5N2O2/c1-28-17-25(20-4-2-19(3-5-20)18-38-14-12-37-13-15-38)27-23-9-7-22(39)16-21(23)6-8-24(27)26(28)10-11-29(28,40)30(32,33)31(34,35)36/h2-5,16,23-27,37,40H,6-15,17-18H2,1H3/t23-,24?,25+,26?,27?,28-,29-/m0/s1. The van der Waals surface area contributed by atoms with Crippen LogP contribution in [-0.2, 0) is 11.3 Å². The third-order valence-electron chi connectivity index (χ3n) is 11.4. The Morgan fingerprint density at radius 1 is 1.00 bits per heavy atom. The van der Waals surface area contributed by atoms with Gasteiger partial charge < -0.3 is 10.4 Å². The van der Waals surface area contributed by atoms with Gasteiger partial charge in [-0.3, -0.25) is 9.69 Å². The van der Waals surface area contributed by atoms with Gasteiger partial charge in [0.15, 0.2) is 5.78 Å². The lowest BCUT2D eigenvalue weighted by molar-refractivity contribution is -0.364. The van der Waals surface area contributed by atoms with Crippen molar-refractivity contribution in [3.8, 4) is 0 Å². The molecule has 220 valence electrons. The van der Waals surface area contributed by atoms with E-state index in [-0.39, 0.29) is 42.3 Å². The van der Waals surface area contributed by atoms with Crippen LogP contribution in [-0.4, -0.2) is 59.7 Å². The SMILES string of the molecule is C[C@]12C[C@H](c3ccc(CN4CCNCC4)cc3)C3C(CCC4=CC(=O)CC[C@@H]43)C1CC[C@@]2(O)C(F)(F)C(F)(F)F. The normalized spacial score (nSPS) is 38.8. The van der Waals surface area contributed by atoms with E-state index in [1.165, 1.54) is 6.92 Å². The molecular weight excluding hydrogens is 527 g/mol. The summed E-state index contributed by atoms with van der Waals surface area (Å²) in [6.07, 6.45) is -1.98. The number of alkyl halides is 5. The van der Waals surface area contributed by atoms with Crippen LogP contribution in [0.3, 0.4) is 0 Å². The summed E-state index contributed by atoms with van der Waals surface area (Å²) in [6.45, 7) is 6.07. The first-order chi connectivity index (χ1) is 18.9. The molecule has 7 atom stereocenters. The highest BCUT2D eigenvalue weighted by molar-refractivity contribution is 5.91. The molecule has 3 saturated carbocycles. The van der Waals surface area contributed by atoms with E-state index in [1.54, 1.807) is 6.08 Å². The molecule has 1 heterocycles. The largest absolute Gasteiger partial charge is 0.456 e. The van der Waals surface area contributed by atoms with Gasteiger partial charge >= 0.3 is 12.1 Å². The molecular formula is C31H39F5N2O2. The molecule has 3 unspecified atom stereocenters. The number of carbonyl (C=O) groups excluding carboxylic acids is 1. The number of hydrogen-bond acceptors (Lipinski definition) is 4. The molecule has 0 radical (unpaired) electrons. The molecule has 1 saturated heterocycles. The van der Waals surface area contributed by atoms with Crippen molar-refractivity contribution >= 4 is 5.78 Å². The summed E-state index contributed by atoms with van der Waals surface area (Å²) in [6, 6.07) is 8.14. The lowest BCUT2D eigenvalue weighted by atomic mass is 9.46. The fourth-order valence-corrected chi connectivity index (χ4v) is 9.40. The zero-order valence-electron chi connectivity index (χ0n) is 23.0. The molecule has 40 heavy (non-hydrogen) atoms. The van der Waals surface area contributed by atoms with Crippen molar-refractivity contribution in [2.75, 3.05) is 26.2 Å². The van der Waals surface area contributed by atoms with Crippen LogP contribution in [0.1, 0.15) is 68.9 Å². The van der Waals surface area contributed by atoms with Crippen molar-refractivity contribution in [1.29, 1.82) is 0 Å². The minimum absolute atomic E-state index is 0.0482. The van der Waals surface area contributed by atoms with E-state index in [2.05, 4.69) is 22.3 Å². The van der Waals surface area contributed by atoms with E-state index < -0.39 is 35.5 Å². The van der Waals surface area contributed by atoms with Gasteiger partial charge in [-0.1, -0.05) is 36.8 Å². The summed E-state index contributed by atoms with van der Waals surface area (Å²) in [5.41, 5.74) is -1.58. The lowest BCUT2D eigenvalue weighted by Crippen LogP contribution is -2.66. The molecule has 6 rings (SSSR count). The third-order valence-corrected chi connectivity index (χ3v) is 11.4. The second-order valence-electron chi connectivity index (χ2n) is 13.2. The van der Waals surface area contributed by atoms with Crippen LogP contribution in [0, 0.1) is 29.1 Å². The molecule has 0 amide bonds. The number of ketones is 1. The minimum atomic E-state index is -5.83. The van der Waals surface area contributed by atoms with Crippen molar-refractivity contribution in [1.82, 2.24) is 10.2 Å². The van der Waals surface area contributed by atoms with E-state index in [0.717, 1.165) is 49.4 Å². The number of aliphatic hydroxyl groups is 1. The Morgan fingerprint density at radius 3 is 2.38 bits per heavy atom. The summed E-state index contributed by atoms with van der Waals surface area (Å²) in [5.74, 6) is -5.73. The van der Waals surface area contributed by atoms with E-state index >= 15 is 8.78 Å². The van der Waals surface area contributed by atoms with Crippen LogP contribution >= 0.6 is 0 Å². The number of carbonyl (C=O) groups is 1. The summed E-state index contributed by atoms with van der Waals surface area (Å²) in [4.78, 5) is 14.6.